The fraction of sp³-hybridized carbons (Fsp3) is 0.429. The summed E-state index contributed by atoms with van der Waals surface area (Å²) in [6.07, 6.45) is 4.16. The maximum absolute atomic E-state index is 17.1. The number of anilines is 2. The number of nitriles is 1. The number of carbonyl (C=O) groups excluding carboxylic acids is 1. The van der Waals surface area contributed by atoms with Gasteiger partial charge in [0.15, 0.2) is 5.82 Å². The van der Waals surface area contributed by atoms with Crippen LogP contribution in [0, 0.1) is 23.0 Å². The van der Waals surface area contributed by atoms with Crippen molar-refractivity contribution in [3.8, 4) is 23.2 Å². The minimum absolute atomic E-state index is 0.00274. The molecule has 256 valence electrons. The molecule has 2 N–H and O–H groups in total. The zero-order valence-electron chi connectivity index (χ0n) is 27.4. The van der Waals surface area contributed by atoms with Gasteiger partial charge in [-0.15, -0.1) is 11.3 Å². The van der Waals surface area contributed by atoms with E-state index < -0.39 is 11.6 Å². The van der Waals surface area contributed by atoms with Gasteiger partial charge in [-0.05, 0) is 63.4 Å². The number of rotatable bonds is 7. The Balaban J connectivity index is 1.38. The van der Waals surface area contributed by atoms with Crippen molar-refractivity contribution in [1.29, 1.82) is 5.26 Å². The molecule has 0 radical (unpaired) electrons. The van der Waals surface area contributed by atoms with E-state index in [1.54, 1.807) is 18.1 Å². The number of ether oxygens (including phenoxy) is 2. The van der Waals surface area contributed by atoms with Gasteiger partial charge in [-0.2, -0.15) is 15.2 Å². The van der Waals surface area contributed by atoms with E-state index in [0.717, 1.165) is 43.7 Å². The molecule has 4 aromatic rings. The molecule has 0 saturated carbocycles. The molecule has 3 fully saturated rings. The molecule has 14 heteroatoms. The fourth-order valence-electron chi connectivity index (χ4n) is 7.87. The summed E-state index contributed by atoms with van der Waals surface area (Å²) in [6, 6.07) is 5.84. The Labute approximate surface area is 291 Å². The van der Waals surface area contributed by atoms with Gasteiger partial charge in [-0.1, -0.05) is 24.2 Å². The molecule has 3 aliphatic rings. The number of hydrogen-bond acceptors (Lipinski definition) is 10. The molecular formula is C35H36ClF2N7O3S. The van der Waals surface area contributed by atoms with Gasteiger partial charge in [0, 0.05) is 55.2 Å². The lowest BCUT2D eigenvalue weighted by molar-refractivity contribution is -0.128. The summed E-state index contributed by atoms with van der Waals surface area (Å²) >= 11 is 7.81. The van der Waals surface area contributed by atoms with Crippen molar-refractivity contribution in [1.82, 2.24) is 19.8 Å². The topological polar surface area (TPSA) is 121 Å². The molecule has 4 unspecified atom stereocenters. The van der Waals surface area contributed by atoms with E-state index in [-0.39, 0.29) is 78.0 Å². The molecule has 5 heterocycles. The first-order chi connectivity index (χ1) is 23.5. The summed E-state index contributed by atoms with van der Waals surface area (Å²) in [5, 5.41) is 10.6. The average molecular weight is 708 g/mol. The van der Waals surface area contributed by atoms with E-state index in [0.29, 0.717) is 30.9 Å². The molecule has 0 bridgehead atoms. The van der Waals surface area contributed by atoms with Crippen LogP contribution < -0.4 is 15.4 Å². The highest BCUT2D eigenvalue weighted by atomic mass is 35.5. The number of fused-ring (bicyclic) bond motifs is 3. The third-order valence-electron chi connectivity index (χ3n) is 10.3. The number of nitrogens with two attached hydrogens (primary N) is 1. The number of hydrogen-bond donors (Lipinski definition) is 1. The number of methoxy groups -OCH3 is 1. The Hall–Kier alpha value is -4.09. The number of carbonyl (C=O) groups is 1. The molecular weight excluding hydrogens is 672 g/mol. The van der Waals surface area contributed by atoms with Crippen molar-refractivity contribution in [3.05, 3.63) is 53.1 Å². The highest BCUT2D eigenvalue weighted by molar-refractivity contribution is 7.23. The number of amides is 1. The normalized spacial score (nSPS) is 24.1. The third-order valence-corrected chi connectivity index (χ3v) is 11.7. The molecule has 10 nitrogen and oxygen atoms in total. The molecule has 7 rings (SSSR count). The number of piperazine rings is 1. The quantitative estimate of drug-likeness (QED) is 0.226. The standard InChI is InChI=1S/C35H36ClF2N7O3S/c1-5-26(46)44-14-19(3)45(15-18(44)2)33-22-11-24(36)28(21-7-8-25(37)31-27(21)23(13-39)32(40)49-31)29(38)30(22)41-34(42-33)48-17-35-9-6-10-43(35)16-20(12-35)47-4/h5,7-8,11,18-20H,1,6,9-10,12,14-17,40H2,2-4H3. The van der Waals surface area contributed by atoms with E-state index in [9.17, 15) is 14.4 Å². The van der Waals surface area contributed by atoms with Crippen LogP contribution in [0.5, 0.6) is 6.01 Å². The SMILES string of the molecule is C=CC(=O)N1CC(C)N(c2nc(OCC34CCCN3CC(OC)C4)nc3c(F)c(-c4ccc(F)c5sc(N)c(C#N)c45)c(Cl)cc23)CC1C. The van der Waals surface area contributed by atoms with Gasteiger partial charge < -0.3 is 25.0 Å². The molecule has 0 aliphatic carbocycles. The number of nitrogens with zero attached hydrogens (tertiary/aromatic N) is 6. The van der Waals surface area contributed by atoms with Crippen LogP contribution in [0.15, 0.2) is 30.9 Å². The Morgan fingerprint density at radius 3 is 2.80 bits per heavy atom. The minimum atomic E-state index is -0.764. The zero-order valence-corrected chi connectivity index (χ0v) is 29.0. The van der Waals surface area contributed by atoms with Crippen molar-refractivity contribution in [2.75, 3.05) is 50.5 Å². The maximum atomic E-state index is 17.1. The monoisotopic (exact) mass is 707 g/mol. The first-order valence-electron chi connectivity index (χ1n) is 16.2. The third kappa shape index (κ3) is 5.45. The summed E-state index contributed by atoms with van der Waals surface area (Å²) in [7, 11) is 1.72. The Kier molecular flexibility index (Phi) is 8.63. The van der Waals surface area contributed by atoms with Crippen molar-refractivity contribution < 1.29 is 23.0 Å². The fourth-order valence-corrected chi connectivity index (χ4v) is 9.11. The Morgan fingerprint density at radius 1 is 1.27 bits per heavy atom. The number of nitrogen functional groups attached to an aromatic ring is 1. The van der Waals surface area contributed by atoms with Crippen LogP contribution in [0.4, 0.5) is 19.6 Å². The van der Waals surface area contributed by atoms with E-state index >= 15 is 4.39 Å². The molecule has 49 heavy (non-hydrogen) atoms. The van der Waals surface area contributed by atoms with E-state index in [2.05, 4.69) is 16.5 Å². The number of thiophene rings is 1. The first-order valence-corrected chi connectivity index (χ1v) is 17.4. The summed E-state index contributed by atoms with van der Waals surface area (Å²) < 4.78 is 44.3. The summed E-state index contributed by atoms with van der Waals surface area (Å²) in [4.78, 5) is 28.3. The molecule has 2 aromatic carbocycles. The smallest absolute Gasteiger partial charge is 0.319 e. The van der Waals surface area contributed by atoms with E-state index in [1.807, 2.05) is 24.8 Å². The van der Waals surface area contributed by atoms with Gasteiger partial charge in [0.2, 0.25) is 5.91 Å². The van der Waals surface area contributed by atoms with Crippen LogP contribution in [0.25, 0.3) is 32.1 Å². The molecule has 4 atom stereocenters. The highest BCUT2D eigenvalue weighted by Gasteiger charge is 2.49. The Morgan fingerprint density at radius 2 is 2.06 bits per heavy atom. The number of benzene rings is 2. The second-order valence-electron chi connectivity index (χ2n) is 13.2. The largest absolute Gasteiger partial charge is 0.461 e. The molecule has 0 spiro atoms. The summed E-state index contributed by atoms with van der Waals surface area (Å²) in [5.41, 5.74) is 6.05. The van der Waals surface area contributed by atoms with E-state index in [4.69, 9.17) is 31.8 Å². The van der Waals surface area contributed by atoms with Gasteiger partial charge in [-0.25, -0.2) is 8.78 Å². The van der Waals surface area contributed by atoms with Crippen LogP contribution in [-0.2, 0) is 9.53 Å². The second-order valence-corrected chi connectivity index (χ2v) is 14.7. The average Bonchev–Trinajstić information content (AvgIpc) is 3.75. The first kappa shape index (κ1) is 33.4. The van der Waals surface area contributed by atoms with Crippen molar-refractivity contribution in [3.63, 3.8) is 0 Å². The second kappa shape index (κ2) is 12.7. The molecule has 2 aromatic heterocycles. The predicted octanol–water partition coefficient (Wildman–Crippen LogP) is 6.14. The van der Waals surface area contributed by atoms with Gasteiger partial charge in [0.05, 0.1) is 26.9 Å². The van der Waals surface area contributed by atoms with Gasteiger partial charge in [0.1, 0.15) is 34.8 Å². The van der Waals surface area contributed by atoms with Crippen molar-refractivity contribution >= 4 is 60.7 Å². The van der Waals surface area contributed by atoms with Crippen LogP contribution in [0.2, 0.25) is 5.02 Å². The van der Waals surface area contributed by atoms with Crippen molar-refractivity contribution in [2.24, 2.45) is 0 Å². The predicted molar refractivity (Wildman–Crippen MR) is 187 cm³/mol. The van der Waals surface area contributed by atoms with Crippen molar-refractivity contribution in [2.45, 2.75) is 56.8 Å². The molecule has 3 saturated heterocycles. The molecule has 1 amide bonds. The van der Waals surface area contributed by atoms with Gasteiger partial charge in [0.25, 0.3) is 0 Å². The van der Waals surface area contributed by atoms with E-state index in [1.165, 1.54) is 18.2 Å². The van der Waals surface area contributed by atoms with Crippen LogP contribution >= 0.6 is 22.9 Å². The zero-order chi connectivity index (χ0) is 34.8. The van der Waals surface area contributed by atoms with Gasteiger partial charge in [-0.3, -0.25) is 9.69 Å². The lowest BCUT2D eigenvalue weighted by atomic mass is 9.94. The lowest BCUT2D eigenvalue weighted by Gasteiger charge is -2.44. The summed E-state index contributed by atoms with van der Waals surface area (Å²) in [5.74, 6) is -1.09. The van der Waals surface area contributed by atoms with Crippen LogP contribution in [0.1, 0.15) is 38.7 Å². The highest BCUT2D eigenvalue weighted by Crippen LogP contribution is 2.46. The number of aromatic nitrogens is 2. The summed E-state index contributed by atoms with van der Waals surface area (Å²) in [6.45, 7) is 10.4. The maximum Gasteiger partial charge on any atom is 0.319 e. The van der Waals surface area contributed by atoms with Gasteiger partial charge >= 0.3 is 6.01 Å². The van der Waals surface area contributed by atoms with Crippen LogP contribution in [-0.4, -0.2) is 89.3 Å². The minimum Gasteiger partial charge on any atom is -0.461 e. The molecule has 3 aliphatic heterocycles. The Bertz CT molecular complexity index is 2050. The lowest BCUT2D eigenvalue weighted by Crippen LogP contribution is -2.58. The van der Waals surface area contributed by atoms with Crippen LogP contribution in [0.3, 0.4) is 0 Å². The number of halogens is 3.